The van der Waals surface area contributed by atoms with Crippen molar-refractivity contribution in [3.8, 4) is 0 Å². The molecule has 0 rings (SSSR count). The van der Waals surface area contributed by atoms with Crippen molar-refractivity contribution >= 4 is 6.29 Å². The highest BCUT2D eigenvalue weighted by molar-refractivity contribution is 5.73. The van der Waals surface area contributed by atoms with E-state index in [4.69, 9.17) is 5.73 Å². The van der Waals surface area contributed by atoms with Gasteiger partial charge in [0.15, 0.2) is 0 Å². The Hall–Kier alpha value is -0.790. The average Bonchev–Trinajstić information content (AvgIpc) is 2.21. The molecule has 0 atom stereocenters. The van der Waals surface area contributed by atoms with Gasteiger partial charge in [-0.2, -0.15) is 0 Å². The summed E-state index contributed by atoms with van der Waals surface area (Å²) in [6.45, 7) is 3.99. The largest absolute Gasteiger partial charge is 0.402 e. The lowest BCUT2D eigenvalue weighted by Crippen LogP contribution is -2.01. The second-order valence-electron chi connectivity index (χ2n) is 3.84. The molecule has 0 aromatic carbocycles. The molecule has 0 unspecified atom stereocenters. The first-order chi connectivity index (χ1) is 6.72. The van der Waals surface area contributed by atoms with Crippen LogP contribution in [0.3, 0.4) is 0 Å². The van der Waals surface area contributed by atoms with Crippen LogP contribution < -0.4 is 5.73 Å². The van der Waals surface area contributed by atoms with E-state index in [9.17, 15) is 4.79 Å². The summed E-state index contributed by atoms with van der Waals surface area (Å²) < 4.78 is 0. The maximum atomic E-state index is 10.4. The number of nitrogens with two attached hydrogens (primary N) is 1. The molecule has 0 heterocycles. The highest BCUT2D eigenvalue weighted by Gasteiger charge is 1.96. The zero-order valence-corrected chi connectivity index (χ0v) is 9.51. The molecular formula is C12H23NO. The summed E-state index contributed by atoms with van der Waals surface area (Å²) >= 11 is 0. The van der Waals surface area contributed by atoms with Crippen LogP contribution in [0, 0.1) is 0 Å². The van der Waals surface area contributed by atoms with Gasteiger partial charge in [0.25, 0.3) is 0 Å². The van der Waals surface area contributed by atoms with Crippen molar-refractivity contribution in [2.45, 2.75) is 58.8 Å². The summed E-state index contributed by atoms with van der Waals surface area (Å²) in [5.41, 5.74) is 7.17. The van der Waals surface area contributed by atoms with E-state index in [-0.39, 0.29) is 0 Å². The molecule has 14 heavy (non-hydrogen) atoms. The number of carbonyl (C=O) groups excluding carboxylic acids is 1. The molecule has 2 N–H and O–H groups in total. The molecule has 0 saturated heterocycles. The van der Waals surface area contributed by atoms with Gasteiger partial charge in [-0.05, 0) is 19.8 Å². The highest BCUT2D eigenvalue weighted by Crippen LogP contribution is 2.10. The predicted molar refractivity (Wildman–Crippen MR) is 60.9 cm³/mol. The van der Waals surface area contributed by atoms with Crippen molar-refractivity contribution in [3.05, 3.63) is 11.3 Å². The van der Waals surface area contributed by atoms with E-state index in [1.807, 2.05) is 0 Å². The smallest absolute Gasteiger partial charge is 0.147 e. The molecule has 0 aromatic heterocycles. The first-order valence-electron chi connectivity index (χ1n) is 5.62. The Morgan fingerprint density at radius 1 is 1.14 bits per heavy atom. The van der Waals surface area contributed by atoms with Crippen molar-refractivity contribution in [2.24, 2.45) is 5.73 Å². The molecule has 0 aliphatic rings. The van der Waals surface area contributed by atoms with Crippen LogP contribution in [0.2, 0.25) is 0 Å². The molecule has 82 valence electrons. The van der Waals surface area contributed by atoms with Gasteiger partial charge in [0.1, 0.15) is 6.29 Å². The summed E-state index contributed by atoms with van der Waals surface area (Å²) in [4.78, 5) is 10.4. The van der Waals surface area contributed by atoms with E-state index in [0.717, 1.165) is 24.8 Å². The molecule has 0 spiro atoms. The number of carbonyl (C=O) groups is 1. The number of rotatable bonds is 8. The van der Waals surface area contributed by atoms with E-state index in [2.05, 4.69) is 6.92 Å². The van der Waals surface area contributed by atoms with Crippen LogP contribution >= 0.6 is 0 Å². The summed E-state index contributed by atoms with van der Waals surface area (Å²) in [7, 11) is 0. The zero-order valence-electron chi connectivity index (χ0n) is 9.51. The van der Waals surface area contributed by atoms with Crippen molar-refractivity contribution in [1.82, 2.24) is 0 Å². The Morgan fingerprint density at radius 3 is 2.29 bits per heavy atom. The van der Waals surface area contributed by atoms with Crippen LogP contribution in [0.15, 0.2) is 11.3 Å². The summed E-state index contributed by atoms with van der Waals surface area (Å²) in [6, 6.07) is 0. The monoisotopic (exact) mass is 197 g/mol. The number of allylic oxidation sites excluding steroid dienone is 2. The van der Waals surface area contributed by atoms with Gasteiger partial charge in [-0.15, -0.1) is 0 Å². The lowest BCUT2D eigenvalue weighted by molar-refractivity contribution is -0.104. The number of hydrogen-bond donors (Lipinski definition) is 1. The first kappa shape index (κ1) is 13.2. The molecule has 0 aliphatic heterocycles. The van der Waals surface area contributed by atoms with E-state index in [1.165, 1.54) is 32.1 Å². The van der Waals surface area contributed by atoms with Gasteiger partial charge in [-0.25, -0.2) is 0 Å². The fourth-order valence-corrected chi connectivity index (χ4v) is 1.37. The lowest BCUT2D eigenvalue weighted by atomic mass is 10.1. The van der Waals surface area contributed by atoms with Crippen LogP contribution in [-0.2, 0) is 4.79 Å². The maximum Gasteiger partial charge on any atom is 0.147 e. The molecule has 0 aliphatic carbocycles. The maximum absolute atomic E-state index is 10.4. The van der Waals surface area contributed by atoms with E-state index in [1.54, 1.807) is 6.92 Å². The van der Waals surface area contributed by atoms with Crippen molar-refractivity contribution in [3.63, 3.8) is 0 Å². The molecule has 0 radical (unpaired) electrons. The molecular weight excluding hydrogens is 174 g/mol. The third-order valence-corrected chi connectivity index (χ3v) is 2.48. The van der Waals surface area contributed by atoms with Gasteiger partial charge in [-0.1, -0.05) is 39.0 Å². The molecule has 0 amide bonds. The van der Waals surface area contributed by atoms with Gasteiger partial charge < -0.3 is 5.73 Å². The molecule has 0 saturated carbocycles. The fourth-order valence-electron chi connectivity index (χ4n) is 1.37. The standard InChI is InChI=1S/C12H23NO/c1-3-4-5-6-7-8-9-12(13)11(2)10-14/h10H,3-9,13H2,1-2H3. The minimum absolute atomic E-state index is 0.693. The predicted octanol–water partition coefficient (Wildman–Crippen LogP) is 3.17. The SMILES string of the molecule is CCCCCCCCC(N)=C(C)C=O. The molecule has 0 aromatic rings. The Bertz CT molecular complexity index is 185. The zero-order chi connectivity index (χ0) is 10.8. The number of hydrogen-bond acceptors (Lipinski definition) is 2. The average molecular weight is 197 g/mol. The second kappa shape index (κ2) is 8.79. The van der Waals surface area contributed by atoms with Crippen LogP contribution in [0.4, 0.5) is 0 Å². The number of unbranched alkanes of at least 4 members (excludes halogenated alkanes) is 5. The summed E-state index contributed by atoms with van der Waals surface area (Å²) in [6.07, 6.45) is 9.29. The Kier molecular flexibility index (Phi) is 8.30. The van der Waals surface area contributed by atoms with Crippen LogP contribution in [0.1, 0.15) is 58.8 Å². The lowest BCUT2D eigenvalue weighted by Gasteiger charge is -2.03. The minimum Gasteiger partial charge on any atom is -0.402 e. The fraction of sp³-hybridized carbons (Fsp3) is 0.750. The van der Waals surface area contributed by atoms with Crippen molar-refractivity contribution in [2.75, 3.05) is 0 Å². The number of aldehydes is 1. The van der Waals surface area contributed by atoms with Gasteiger partial charge >= 0.3 is 0 Å². The van der Waals surface area contributed by atoms with Crippen molar-refractivity contribution < 1.29 is 4.79 Å². The summed E-state index contributed by atoms with van der Waals surface area (Å²) in [5, 5.41) is 0. The minimum atomic E-state index is 0.693. The van der Waals surface area contributed by atoms with E-state index < -0.39 is 0 Å². The van der Waals surface area contributed by atoms with Gasteiger partial charge in [0.2, 0.25) is 0 Å². The topological polar surface area (TPSA) is 43.1 Å². The van der Waals surface area contributed by atoms with Gasteiger partial charge in [0.05, 0.1) is 0 Å². The Balaban J connectivity index is 3.40. The van der Waals surface area contributed by atoms with Crippen molar-refractivity contribution in [1.29, 1.82) is 0 Å². The third kappa shape index (κ3) is 6.70. The van der Waals surface area contributed by atoms with Crippen LogP contribution in [0.25, 0.3) is 0 Å². The third-order valence-electron chi connectivity index (χ3n) is 2.48. The highest BCUT2D eigenvalue weighted by atomic mass is 16.1. The van der Waals surface area contributed by atoms with Gasteiger partial charge in [0, 0.05) is 11.3 Å². The van der Waals surface area contributed by atoms with Crippen LogP contribution in [-0.4, -0.2) is 6.29 Å². The summed E-state index contributed by atoms with van der Waals surface area (Å²) in [5.74, 6) is 0. The quantitative estimate of drug-likeness (QED) is 0.369. The molecule has 0 bridgehead atoms. The van der Waals surface area contributed by atoms with E-state index >= 15 is 0 Å². The Labute approximate surface area is 87.6 Å². The Morgan fingerprint density at radius 2 is 1.71 bits per heavy atom. The van der Waals surface area contributed by atoms with Gasteiger partial charge in [-0.3, -0.25) is 4.79 Å². The normalized spacial score (nSPS) is 12.4. The van der Waals surface area contributed by atoms with Crippen LogP contribution in [0.5, 0.6) is 0 Å². The molecule has 0 fully saturated rings. The molecule has 2 nitrogen and oxygen atoms in total. The second-order valence-corrected chi connectivity index (χ2v) is 3.84. The first-order valence-corrected chi connectivity index (χ1v) is 5.62. The van der Waals surface area contributed by atoms with E-state index in [0.29, 0.717) is 5.57 Å². The molecule has 2 heteroatoms.